The molecule has 0 spiro atoms. The molecule has 2 aromatic rings. The van der Waals surface area contributed by atoms with Crippen molar-refractivity contribution in [3.8, 4) is 0 Å². The van der Waals surface area contributed by atoms with Crippen molar-refractivity contribution in [1.82, 2.24) is 9.78 Å². The molecule has 0 aromatic carbocycles. The Morgan fingerprint density at radius 1 is 1.70 bits per heavy atom. The lowest BCUT2D eigenvalue weighted by Gasteiger charge is -1.82. The van der Waals surface area contributed by atoms with Gasteiger partial charge in [-0.15, -0.1) is 0 Å². The molecular formula is C6H7N3O. The number of nitrogen functional groups attached to an aromatic ring is 1. The number of aryl methyl sites for hydroxylation is 1. The van der Waals surface area contributed by atoms with Gasteiger partial charge in [0, 0.05) is 7.05 Å². The lowest BCUT2D eigenvalue weighted by molar-refractivity contribution is 0.568. The first-order chi connectivity index (χ1) is 4.79. The molecule has 0 radical (unpaired) electrons. The Balaban J connectivity index is 2.95. The highest BCUT2D eigenvalue weighted by Gasteiger charge is 2.05. The molecule has 0 amide bonds. The summed E-state index contributed by atoms with van der Waals surface area (Å²) in [6, 6.07) is 0. The Hall–Kier alpha value is -1.45. The van der Waals surface area contributed by atoms with E-state index in [4.69, 9.17) is 10.2 Å². The van der Waals surface area contributed by atoms with Crippen LogP contribution in [0.15, 0.2) is 16.9 Å². The largest absolute Gasteiger partial charge is 0.444 e. The third-order valence-electron chi connectivity index (χ3n) is 1.49. The van der Waals surface area contributed by atoms with E-state index in [1.54, 1.807) is 10.9 Å². The number of furan rings is 1. The molecule has 2 heterocycles. The summed E-state index contributed by atoms with van der Waals surface area (Å²) in [5.41, 5.74) is 6.90. The highest BCUT2D eigenvalue weighted by atomic mass is 16.3. The number of fused-ring (bicyclic) bond motifs is 1. The minimum Gasteiger partial charge on any atom is -0.444 e. The van der Waals surface area contributed by atoms with Crippen molar-refractivity contribution in [2.75, 3.05) is 5.73 Å². The van der Waals surface area contributed by atoms with Gasteiger partial charge in [-0.1, -0.05) is 0 Å². The van der Waals surface area contributed by atoms with E-state index in [1.165, 1.54) is 6.26 Å². The molecule has 0 aliphatic carbocycles. The fraction of sp³-hybridized carbons (Fsp3) is 0.167. The van der Waals surface area contributed by atoms with Gasteiger partial charge in [0.2, 0.25) is 5.71 Å². The van der Waals surface area contributed by atoms with Gasteiger partial charge in [-0.2, -0.15) is 5.10 Å². The summed E-state index contributed by atoms with van der Waals surface area (Å²) in [4.78, 5) is 0. The third-order valence-corrected chi connectivity index (χ3v) is 1.49. The van der Waals surface area contributed by atoms with Gasteiger partial charge in [0.25, 0.3) is 0 Å². The molecule has 0 atom stereocenters. The van der Waals surface area contributed by atoms with Gasteiger partial charge < -0.3 is 10.2 Å². The first-order valence-corrected chi connectivity index (χ1v) is 2.93. The molecular weight excluding hydrogens is 130 g/mol. The van der Waals surface area contributed by atoms with Crippen molar-refractivity contribution < 1.29 is 4.42 Å². The van der Waals surface area contributed by atoms with Crippen molar-refractivity contribution in [3.05, 3.63) is 12.5 Å². The van der Waals surface area contributed by atoms with E-state index in [2.05, 4.69) is 5.10 Å². The van der Waals surface area contributed by atoms with Crippen LogP contribution in [0.3, 0.4) is 0 Å². The fourth-order valence-corrected chi connectivity index (χ4v) is 0.947. The van der Waals surface area contributed by atoms with Crippen molar-refractivity contribution in [1.29, 1.82) is 0 Å². The van der Waals surface area contributed by atoms with Crippen LogP contribution in [-0.4, -0.2) is 9.78 Å². The van der Waals surface area contributed by atoms with E-state index in [1.807, 2.05) is 7.05 Å². The van der Waals surface area contributed by atoms with Gasteiger partial charge in [0.15, 0.2) is 0 Å². The number of hydrogen-bond donors (Lipinski definition) is 1. The van der Waals surface area contributed by atoms with Crippen molar-refractivity contribution in [2.24, 2.45) is 7.05 Å². The standard InChI is InChI=1S/C6H7N3O/c1-9-6-4(2-8-9)5(7)3-10-6/h2-3H,7H2,1H3. The zero-order valence-corrected chi connectivity index (χ0v) is 5.53. The molecule has 0 bridgehead atoms. The molecule has 2 N–H and O–H groups in total. The topological polar surface area (TPSA) is 57.0 Å². The number of rotatable bonds is 0. The number of aromatic nitrogens is 2. The molecule has 0 saturated carbocycles. The number of anilines is 1. The first-order valence-electron chi connectivity index (χ1n) is 2.93. The van der Waals surface area contributed by atoms with Crippen LogP contribution in [0.2, 0.25) is 0 Å². The van der Waals surface area contributed by atoms with E-state index in [0.29, 0.717) is 5.69 Å². The predicted molar refractivity (Wildman–Crippen MR) is 37.4 cm³/mol. The summed E-state index contributed by atoms with van der Waals surface area (Å²) in [6.07, 6.45) is 3.21. The van der Waals surface area contributed by atoms with E-state index >= 15 is 0 Å². The minimum atomic E-state index is 0.642. The van der Waals surface area contributed by atoms with Gasteiger partial charge in [0.05, 0.1) is 17.3 Å². The van der Waals surface area contributed by atoms with E-state index in [9.17, 15) is 0 Å². The molecule has 0 unspecified atom stereocenters. The average Bonchev–Trinajstić information content (AvgIpc) is 2.41. The maximum atomic E-state index is 5.54. The summed E-state index contributed by atoms with van der Waals surface area (Å²) < 4.78 is 6.74. The summed E-state index contributed by atoms with van der Waals surface area (Å²) in [5, 5.41) is 4.84. The smallest absolute Gasteiger partial charge is 0.226 e. The molecule has 0 aliphatic rings. The van der Waals surface area contributed by atoms with E-state index < -0.39 is 0 Å². The second kappa shape index (κ2) is 1.53. The fourth-order valence-electron chi connectivity index (χ4n) is 0.947. The summed E-state index contributed by atoms with van der Waals surface area (Å²) >= 11 is 0. The first kappa shape index (κ1) is 5.34. The monoisotopic (exact) mass is 137 g/mol. The summed E-state index contributed by atoms with van der Waals surface area (Å²) in [6.45, 7) is 0. The average molecular weight is 137 g/mol. The highest BCUT2D eigenvalue weighted by molar-refractivity contribution is 5.86. The zero-order valence-electron chi connectivity index (χ0n) is 5.53. The lowest BCUT2D eigenvalue weighted by Crippen LogP contribution is -1.86. The third kappa shape index (κ3) is 0.478. The molecule has 2 aromatic heterocycles. The van der Waals surface area contributed by atoms with Crippen molar-refractivity contribution in [3.63, 3.8) is 0 Å². The second-order valence-electron chi connectivity index (χ2n) is 2.18. The Bertz CT molecular complexity index is 324. The molecule has 0 aliphatic heterocycles. The van der Waals surface area contributed by atoms with E-state index in [-0.39, 0.29) is 0 Å². The highest BCUT2D eigenvalue weighted by Crippen LogP contribution is 2.20. The summed E-state index contributed by atoms with van der Waals surface area (Å²) in [7, 11) is 1.81. The quantitative estimate of drug-likeness (QED) is 0.582. The van der Waals surface area contributed by atoms with Crippen LogP contribution in [0.4, 0.5) is 5.69 Å². The molecule has 4 heteroatoms. The Morgan fingerprint density at radius 3 is 3.20 bits per heavy atom. The van der Waals surface area contributed by atoms with Crippen LogP contribution in [0.1, 0.15) is 0 Å². The number of hydrogen-bond acceptors (Lipinski definition) is 3. The second-order valence-corrected chi connectivity index (χ2v) is 2.18. The van der Waals surface area contributed by atoms with Gasteiger partial charge in [-0.25, -0.2) is 4.68 Å². The Morgan fingerprint density at radius 2 is 2.50 bits per heavy atom. The predicted octanol–water partition coefficient (Wildman–Crippen LogP) is 0.749. The maximum absolute atomic E-state index is 5.54. The lowest BCUT2D eigenvalue weighted by atomic mass is 10.4. The minimum absolute atomic E-state index is 0.642. The van der Waals surface area contributed by atoms with Crippen LogP contribution in [0.25, 0.3) is 11.1 Å². The summed E-state index contributed by atoms with van der Waals surface area (Å²) in [5.74, 6) is 0. The number of nitrogens with zero attached hydrogens (tertiary/aromatic N) is 2. The van der Waals surface area contributed by atoms with Crippen LogP contribution in [0, 0.1) is 0 Å². The van der Waals surface area contributed by atoms with Crippen molar-refractivity contribution >= 4 is 16.8 Å². The SMILES string of the molecule is Cn1ncc2c(N)coc21. The van der Waals surface area contributed by atoms with E-state index in [0.717, 1.165) is 11.1 Å². The Kier molecular flexibility index (Phi) is 0.818. The van der Waals surface area contributed by atoms with Crippen LogP contribution >= 0.6 is 0 Å². The normalized spacial score (nSPS) is 10.9. The molecule has 2 rings (SSSR count). The van der Waals surface area contributed by atoms with Gasteiger partial charge in [-0.05, 0) is 0 Å². The van der Waals surface area contributed by atoms with Crippen LogP contribution in [0.5, 0.6) is 0 Å². The Labute approximate surface area is 57.2 Å². The molecule has 4 nitrogen and oxygen atoms in total. The molecule has 0 saturated heterocycles. The number of nitrogens with two attached hydrogens (primary N) is 1. The van der Waals surface area contributed by atoms with Gasteiger partial charge in [-0.3, -0.25) is 0 Å². The van der Waals surface area contributed by atoms with Gasteiger partial charge in [0.1, 0.15) is 6.26 Å². The van der Waals surface area contributed by atoms with Gasteiger partial charge >= 0.3 is 0 Å². The molecule has 10 heavy (non-hydrogen) atoms. The zero-order chi connectivity index (χ0) is 7.14. The molecule has 0 fully saturated rings. The maximum Gasteiger partial charge on any atom is 0.226 e. The van der Waals surface area contributed by atoms with Crippen LogP contribution < -0.4 is 5.73 Å². The van der Waals surface area contributed by atoms with Crippen LogP contribution in [-0.2, 0) is 7.05 Å². The molecule has 52 valence electrons. The van der Waals surface area contributed by atoms with Crippen molar-refractivity contribution in [2.45, 2.75) is 0 Å².